The molecule has 0 aliphatic heterocycles. The molecule has 0 heterocycles. The molecule has 0 bridgehead atoms. The highest BCUT2D eigenvalue weighted by Crippen LogP contribution is 2.14. The van der Waals surface area contributed by atoms with Gasteiger partial charge in [0.2, 0.25) is 0 Å². The van der Waals surface area contributed by atoms with Crippen LogP contribution in [0.15, 0.2) is 53.5 Å². The molecule has 0 spiro atoms. The third kappa shape index (κ3) is 6.41. The van der Waals surface area contributed by atoms with Crippen molar-refractivity contribution in [1.82, 2.24) is 10.6 Å². The lowest BCUT2D eigenvalue weighted by Gasteiger charge is -2.18. The number of hydrogen-bond acceptors (Lipinski definition) is 3. The van der Waals surface area contributed by atoms with Crippen LogP contribution in [-0.2, 0) is 17.9 Å². The molecular formula is C21H29N3O2. The van der Waals surface area contributed by atoms with Crippen molar-refractivity contribution in [3.63, 3.8) is 0 Å². The number of nitrogens with one attached hydrogen (secondary N) is 2. The summed E-state index contributed by atoms with van der Waals surface area (Å²) in [5, 5.41) is 6.65. The van der Waals surface area contributed by atoms with Crippen molar-refractivity contribution in [2.45, 2.75) is 33.1 Å². The molecule has 0 fully saturated rings. The summed E-state index contributed by atoms with van der Waals surface area (Å²) in [7, 11) is 3.47. The minimum absolute atomic E-state index is 0.0242. The van der Waals surface area contributed by atoms with Crippen LogP contribution in [0.1, 0.15) is 23.6 Å². The summed E-state index contributed by atoms with van der Waals surface area (Å²) in [5.74, 6) is 1.63. The molecular weight excluding hydrogens is 326 g/mol. The summed E-state index contributed by atoms with van der Waals surface area (Å²) in [6.07, 6.45) is 0.0242. The number of aryl methyl sites for hydroxylation is 1. The Hall–Kier alpha value is -2.53. The van der Waals surface area contributed by atoms with Crippen molar-refractivity contribution < 1.29 is 9.47 Å². The zero-order valence-electron chi connectivity index (χ0n) is 16.1. The minimum Gasteiger partial charge on any atom is -0.489 e. The van der Waals surface area contributed by atoms with Gasteiger partial charge in [0.05, 0.1) is 13.2 Å². The van der Waals surface area contributed by atoms with E-state index in [2.05, 4.69) is 40.7 Å². The number of nitrogens with zero attached hydrogens (tertiary/aromatic N) is 1. The Balaban J connectivity index is 1.82. The minimum atomic E-state index is 0.0242. The summed E-state index contributed by atoms with van der Waals surface area (Å²) >= 11 is 0. The number of rotatable bonds is 8. The first-order valence-electron chi connectivity index (χ1n) is 8.86. The Kier molecular flexibility index (Phi) is 7.96. The van der Waals surface area contributed by atoms with E-state index in [0.29, 0.717) is 19.7 Å². The Bertz CT molecular complexity index is 716. The van der Waals surface area contributed by atoms with E-state index in [1.54, 1.807) is 14.2 Å². The lowest BCUT2D eigenvalue weighted by Crippen LogP contribution is -2.41. The van der Waals surface area contributed by atoms with E-state index >= 15 is 0 Å². The second-order valence-corrected chi connectivity index (χ2v) is 6.25. The Morgan fingerprint density at radius 1 is 1.08 bits per heavy atom. The molecule has 0 saturated carbocycles. The van der Waals surface area contributed by atoms with Gasteiger partial charge in [0, 0.05) is 20.7 Å². The molecule has 2 N–H and O–H groups in total. The normalized spacial score (nSPS) is 12.5. The summed E-state index contributed by atoms with van der Waals surface area (Å²) < 4.78 is 11.2. The number of hydrogen-bond donors (Lipinski definition) is 2. The Labute approximate surface area is 156 Å². The first-order valence-corrected chi connectivity index (χ1v) is 8.86. The number of methoxy groups -OCH3 is 1. The van der Waals surface area contributed by atoms with Crippen molar-refractivity contribution in [3.05, 3.63) is 65.2 Å². The van der Waals surface area contributed by atoms with Crippen LogP contribution in [0.5, 0.6) is 5.75 Å². The molecule has 1 unspecified atom stereocenters. The monoisotopic (exact) mass is 355 g/mol. The predicted octanol–water partition coefficient (Wildman–Crippen LogP) is 3.27. The van der Waals surface area contributed by atoms with Gasteiger partial charge in [-0.25, -0.2) is 0 Å². The summed E-state index contributed by atoms with van der Waals surface area (Å²) in [4.78, 5) is 4.28. The molecule has 0 amide bonds. The molecule has 2 aromatic rings. The first-order chi connectivity index (χ1) is 12.6. The highest BCUT2D eigenvalue weighted by Gasteiger charge is 2.07. The second kappa shape index (κ2) is 10.5. The molecule has 5 heteroatoms. The van der Waals surface area contributed by atoms with Crippen LogP contribution in [0.2, 0.25) is 0 Å². The maximum atomic E-state index is 5.94. The standard InChI is InChI=1S/C21H29N3O2/c1-16-8-7-11-20(12-16)26-17(2)13-23-21(22-3)24-14-18-9-5-6-10-19(18)15-25-4/h5-12,17H,13-15H2,1-4H3,(H2,22,23,24). The van der Waals surface area contributed by atoms with E-state index in [4.69, 9.17) is 9.47 Å². The van der Waals surface area contributed by atoms with Crippen molar-refractivity contribution in [2.24, 2.45) is 4.99 Å². The zero-order valence-corrected chi connectivity index (χ0v) is 16.1. The van der Waals surface area contributed by atoms with Crippen LogP contribution in [0.25, 0.3) is 0 Å². The van der Waals surface area contributed by atoms with Gasteiger partial charge in [-0.3, -0.25) is 4.99 Å². The summed E-state index contributed by atoms with van der Waals surface area (Å²) in [6, 6.07) is 16.3. The van der Waals surface area contributed by atoms with Crippen molar-refractivity contribution in [2.75, 3.05) is 20.7 Å². The van der Waals surface area contributed by atoms with Crippen LogP contribution >= 0.6 is 0 Å². The van der Waals surface area contributed by atoms with E-state index in [9.17, 15) is 0 Å². The summed E-state index contributed by atoms with van der Waals surface area (Å²) in [6.45, 7) is 6.05. The van der Waals surface area contributed by atoms with E-state index < -0.39 is 0 Å². The fourth-order valence-electron chi connectivity index (χ4n) is 2.63. The van der Waals surface area contributed by atoms with Gasteiger partial charge in [-0.1, -0.05) is 36.4 Å². The van der Waals surface area contributed by atoms with Crippen molar-refractivity contribution in [1.29, 1.82) is 0 Å². The predicted molar refractivity (Wildman–Crippen MR) is 107 cm³/mol. The van der Waals surface area contributed by atoms with E-state index in [0.717, 1.165) is 11.7 Å². The Morgan fingerprint density at radius 2 is 1.85 bits per heavy atom. The maximum absolute atomic E-state index is 5.94. The van der Waals surface area contributed by atoms with Gasteiger partial charge in [-0.05, 0) is 42.7 Å². The number of guanidine groups is 1. The fourth-order valence-corrected chi connectivity index (χ4v) is 2.63. The van der Waals surface area contributed by atoms with E-state index in [1.165, 1.54) is 16.7 Å². The van der Waals surface area contributed by atoms with Crippen molar-refractivity contribution in [3.8, 4) is 5.75 Å². The van der Waals surface area contributed by atoms with E-state index in [-0.39, 0.29) is 6.10 Å². The largest absolute Gasteiger partial charge is 0.489 e. The van der Waals surface area contributed by atoms with Crippen LogP contribution in [0.4, 0.5) is 0 Å². The van der Waals surface area contributed by atoms with Gasteiger partial charge < -0.3 is 20.1 Å². The maximum Gasteiger partial charge on any atom is 0.191 e. The average Bonchev–Trinajstić information content (AvgIpc) is 2.63. The van der Waals surface area contributed by atoms with Gasteiger partial charge in [-0.15, -0.1) is 0 Å². The number of ether oxygens (including phenoxy) is 2. The molecule has 0 radical (unpaired) electrons. The van der Waals surface area contributed by atoms with Crippen LogP contribution < -0.4 is 15.4 Å². The average molecular weight is 355 g/mol. The number of benzene rings is 2. The van der Waals surface area contributed by atoms with Crippen molar-refractivity contribution >= 4 is 5.96 Å². The van der Waals surface area contributed by atoms with E-state index in [1.807, 2.05) is 37.3 Å². The van der Waals surface area contributed by atoms with Crippen LogP contribution in [0, 0.1) is 6.92 Å². The molecule has 0 saturated heterocycles. The van der Waals surface area contributed by atoms with Gasteiger partial charge in [-0.2, -0.15) is 0 Å². The van der Waals surface area contributed by atoms with Gasteiger partial charge in [0.15, 0.2) is 5.96 Å². The molecule has 26 heavy (non-hydrogen) atoms. The highest BCUT2D eigenvalue weighted by molar-refractivity contribution is 5.79. The number of aliphatic imine (C=N–C) groups is 1. The van der Waals surface area contributed by atoms with Gasteiger partial charge >= 0.3 is 0 Å². The molecule has 1 atom stereocenters. The smallest absolute Gasteiger partial charge is 0.191 e. The van der Waals surface area contributed by atoms with Gasteiger partial charge in [0.25, 0.3) is 0 Å². The molecule has 0 aromatic heterocycles. The van der Waals surface area contributed by atoms with Gasteiger partial charge in [0.1, 0.15) is 11.9 Å². The highest BCUT2D eigenvalue weighted by atomic mass is 16.5. The first kappa shape index (κ1) is 19.8. The second-order valence-electron chi connectivity index (χ2n) is 6.25. The molecule has 2 rings (SSSR count). The fraction of sp³-hybridized carbons (Fsp3) is 0.381. The quantitative estimate of drug-likeness (QED) is 0.564. The van der Waals surface area contributed by atoms with Crippen LogP contribution in [0.3, 0.4) is 0 Å². The molecule has 140 valence electrons. The SMILES string of the molecule is CN=C(NCc1ccccc1COC)NCC(C)Oc1cccc(C)c1. The molecule has 2 aromatic carbocycles. The molecule has 0 aliphatic carbocycles. The topological polar surface area (TPSA) is 54.9 Å². The molecule has 0 aliphatic rings. The third-order valence-corrected chi connectivity index (χ3v) is 3.97. The Morgan fingerprint density at radius 3 is 2.54 bits per heavy atom. The lowest BCUT2D eigenvalue weighted by atomic mass is 10.1. The lowest BCUT2D eigenvalue weighted by molar-refractivity contribution is 0.184. The zero-order chi connectivity index (χ0) is 18.8. The van der Waals surface area contributed by atoms with Crippen LogP contribution in [-0.4, -0.2) is 32.8 Å². The summed E-state index contributed by atoms with van der Waals surface area (Å²) in [5.41, 5.74) is 3.56. The third-order valence-electron chi connectivity index (χ3n) is 3.97. The molecule has 5 nitrogen and oxygen atoms in total.